The molecule has 1 amide bonds. The van der Waals surface area contributed by atoms with Crippen molar-refractivity contribution in [1.29, 1.82) is 0 Å². The van der Waals surface area contributed by atoms with Crippen LogP contribution in [0.1, 0.15) is 12.5 Å². The summed E-state index contributed by atoms with van der Waals surface area (Å²) in [6.45, 7) is 1.71. The molecule has 0 N–H and O–H groups in total. The van der Waals surface area contributed by atoms with Crippen molar-refractivity contribution < 1.29 is 9.18 Å². The Morgan fingerprint density at radius 3 is 2.55 bits per heavy atom. The first-order chi connectivity index (χ1) is 10.6. The van der Waals surface area contributed by atoms with Gasteiger partial charge in [-0.2, -0.15) is 10.1 Å². The Hall–Kier alpha value is -2.46. The number of amides is 1. The highest BCUT2D eigenvalue weighted by Gasteiger charge is 2.29. The molecule has 0 aromatic heterocycles. The van der Waals surface area contributed by atoms with Crippen LogP contribution in [0.3, 0.4) is 0 Å². The Kier molecular flexibility index (Phi) is 3.77. The van der Waals surface area contributed by atoms with E-state index in [4.69, 9.17) is 11.6 Å². The molecule has 0 radical (unpaired) electrons. The molecule has 0 spiro atoms. The lowest BCUT2D eigenvalue weighted by molar-refractivity contribution is -0.114. The fraction of sp³-hybridized carbons (Fsp3) is 0.0588. The van der Waals surface area contributed by atoms with Crippen LogP contribution in [0.2, 0.25) is 5.02 Å². The molecule has 0 atom stereocenters. The Bertz CT molecular complexity index is 779. The lowest BCUT2D eigenvalue weighted by atomic mass is 10.1. The van der Waals surface area contributed by atoms with E-state index < -0.39 is 5.82 Å². The van der Waals surface area contributed by atoms with Gasteiger partial charge in [0.15, 0.2) is 0 Å². The second-order valence-electron chi connectivity index (χ2n) is 4.83. The van der Waals surface area contributed by atoms with Crippen molar-refractivity contribution in [2.45, 2.75) is 6.92 Å². The van der Waals surface area contributed by atoms with Crippen molar-refractivity contribution in [3.8, 4) is 0 Å². The molecule has 1 heterocycles. The summed E-state index contributed by atoms with van der Waals surface area (Å²) in [6.07, 6.45) is 1.45. The number of benzene rings is 2. The van der Waals surface area contributed by atoms with E-state index in [0.29, 0.717) is 17.0 Å². The molecule has 0 saturated heterocycles. The molecule has 0 aliphatic carbocycles. The highest BCUT2D eigenvalue weighted by molar-refractivity contribution is 6.34. The summed E-state index contributed by atoms with van der Waals surface area (Å²) in [7, 11) is 0. The SMILES string of the molecule is CC1=NN(c2ccccc2)C(=O)/C1=C\c1c(F)cccc1Cl. The van der Waals surface area contributed by atoms with Crippen molar-refractivity contribution >= 4 is 35.0 Å². The van der Waals surface area contributed by atoms with Crippen LogP contribution >= 0.6 is 11.6 Å². The number of nitrogens with zero attached hydrogens (tertiary/aromatic N) is 2. The van der Waals surface area contributed by atoms with Gasteiger partial charge in [0.1, 0.15) is 5.82 Å². The molecule has 0 unspecified atom stereocenters. The van der Waals surface area contributed by atoms with Gasteiger partial charge in [0.25, 0.3) is 5.91 Å². The minimum absolute atomic E-state index is 0.192. The molecule has 2 aromatic carbocycles. The Labute approximate surface area is 132 Å². The molecule has 3 rings (SSSR count). The first kappa shape index (κ1) is 14.5. The van der Waals surface area contributed by atoms with Crippen molar-refractivity contribution in [3.63, 3.8) is 0 Å². The Morgan fingerprint density at radius 1 is 1.14 bits per heavy atom. The average Bonchev–Trinajstić information content (AvgIpc) is 2.79. The molecule has 0 saturated carbocycles. The molecule has 110 valence electrons. The van der Waals surface area contributed by atoms with Crippen molar-refractivity contribution in [1.82, 2.24) is 0 Å². The van der Waals surface area contributed by atoms with E-state index in [1.54, 1.807) is 25.1 Å². The summed E-state index contributed by atoms with van der Waals surface area (Å²) in [5.41, 5.74) is 1.70. The van der Waals surface area contributed by atoms with Crippen LogP contribution < -0.4 is 5.01 Å². The number of para-hydroxylation sites is 1. The van der Waals surface area contributed by atoms with Gasteiger partial charge in [-0.1, -0.05) is 35.9 Å². The fourth-order valence-electron chi connectivity index (χ4n) is 2.22. The van der Waals surface area contributed by atoms with E-state index in [2.05, 4.69) is 5.10 Å². The van der Waals surface area contributed by atoms with Crippen LogP contribution in [0.4, 0.5) is 10.1 Å². The van der Waals surface area contributed by atoms with Gasteiger partial charge in [-0.05, 0) is 37.3 Å². The third-order valence-electron chi connectivity index (χ3n) is 3.35. The van der Waals surface area contributed by atoms with Gasteiger partial charge in [0, 0.05) is 5.56 Å². The molecule has 22 heavy (non-hydrogen) atoms. The molecule has 1 aliphatic rings. The zero-order valence-corrected chi connectivity index (χ0v) is 12.5. The number of carbonyl (C=O) groups is 1. The van der Waals surface area contributed by atoms with Gasteiger partial charge in [0.05, 0.1) is 22.0 Å². The van der Waals surface area contributed by atoms with Gasteiger partial charge in [-0.15, -0.1) is 0 Å². The molecular weight excluding hydrogens is 303 g/mol. The summed E-state index contributed by atoms with van der Waals surface area (Å²) in [5, 5.41) is 5.80. The summed E-state index contributed by atoms with van der Waals surface area (Å²) in [5.74, 6) is -0.776. The maximum Gasteiger partial charge on any atom is 0.280 e. The summed E-state index contributed by atoms with van der Waals surface area (Å²) in [4.78, 5) is 12.5. The molecule has 0 bridgehead atoms. The minimum Gasteiger partial charge on any atom is -0.267 e. The number of carbonyl (C=O) groups excluding carboxylic acids is 1. The standard InChI is InChI=1S/C17H12ClFN2O/c1-11-13(10-14-15(18)8-5-9-16(14)19)17(22)21(20-11)12-6-3-2-4-7-12/h2-10H,1H3/b13-10-. The lowest BCUT2D eigenvalue weighted by Gasteiger charge is -2.11. The van der Waals surface area contributed by atoms with Crippen molar-refractivity contribution in [2.75, 3.05) is 5.01 Å². The second kappa shape index (κ2) is 5.73. The van der Waals surface area contributed by atoms with Crippen LogP contribution in [0.15, 0.2) is 59.2 Å². The van der Waals surface area contributed by atoms with Crippen LogP contribution in [-0.2, 0) is 4.79 Å². The van der Waals surface area contributed by atoms with Crippen molar-refractivity contribution in [2.24, 2.45) is 5.10 Å². The van der Waals surface area contributed by atoms with E-state index in [1.807, 2.05) is 18.2 Å². The van der Waals surface area contributed by atoms with E-state index in [1.165, 1.54) is 23.2 Å². The lowest BCUT2D eigenvalue weighted by Crippen LogP contribution is -2.21. The summed E-state index contributed by atoms with van der Waals surface area (Å²) >= 11 is 6.01. The van der Waals surface area contributed by atoms with Crippen LogP contribution in [0, 0.1) is 5.82 Å². The monoisotopic (exact) mass is 314 g/mol. The first-order valence-corrected chi connectivity index (χ1v) is 7.06. The average molecular weight is 315 g/mol. The van der Waals surface area contributed by atoms with Gasteiger partial charge >= 0.3 is 0 Å². The number of hydrazone groups is 1. The highest BCUT2D eigenvalue weighted by Crippen LogP contribution is 2.27. The molecule has 2 aromatic rings. The zero-order chi connectivity index (χ0) is 15.7. The summed E-state index contributed by atoms with van der Waals surface area (Å²) < 4.78 is 13.9. The van der Waals surface area contributed by atoms with Crippen molar-refractivity contribution in [3.05, 3.63) is 70.5 Å². The number of hydrogen-bond donors (Lipinski definition) is 0. The maximum atomic E-state index is 13.9. The molecule has 5 heteroatoms. The van der Waals surface area contributed by atoms with Gasteiger partial charge < -0.3 is 0 Å². The van der Waals surface area contributed by atoms with Crippen LogP contribution in [0.25, 0.3) is 6.08 Å². The normalized spacial score (nSPS) is 16.3. The first-order valence-electron chi connectivity index (χ1n) is 6.68. The van der Waals surface area contributed by atoms with Gasteiger partial charge in [-0.3, -0.25) is 4.79 Å². The Morgan fingerprint density at radius 2 is 1.86 bits per heavy atom. The predicted molar refractivity (Wildman–Crippen MR) is 86.4 cm³/mol. The smallest absolute Gasteiger partial charge is 0.267 e. The molecule has 3 nitrogen and oxygen atoms in total. The fourth-order valence-corrected chi connectivity index (χ4v) is 2.44. The largest absolute Gasteiger partial charge is 0.280 e. The number of rotatable bonds is 2. The quantitative estimate of drug-likeness (QED) is 0.761. The van der Waals surface area contributed by atoms with E-state index in [9.17, 15) is 9.18 Å². The number of halogens is 2. The number of anilines is 1. The van der Waals surface area contributed by atoms with Gasteiger partial charge in [-0.25, -0.2) is 4.39 Å². The highest BCUT2D eigenvalue weighted by atomic mass is 35.5. The zero-order valence-electron chi connectivity index (χ0n) is 11.8. The van der Waals surface area contributed by atoms with E-state index in [-0.39, 0.29) is 16.5 Å². The van der Waals surface area contributed by atoms with E-state index >= 15 is 0 Å². The van der Waals surface area contributed by atoms with Gasteiger partial charge in [0.2, 0.25) is 0 Å². The third-order valence-corrected chi connectivity index (χ3v) is 3.68. The Balaban J connectivity index is 2.02. The maximum absolute atomic E-state index is 13.9. The van der Waals surface area contributed by atoms with Crippen LogP contribution in [-0.4, -0.2) is 11.6 Å². The second-order valence-corrected chi connectivity index (χ2v) is 5.24. The molecular formula is C17H12ClFN2O. The van der Waals surface area contributed by atoms with E-state index in [0.717, 1.165) is 0 Å². The molecule has 0 fully saturated rings. The van der Waals surface area contributed by atoms with Crippen LogP contribution in [0.5, 0.6) is 0 Å². The predicted octanol–water partition coefficient (Wildman–Crippen LogP) is 4.29. The third kappa shape index (κ3) is 2.53. The number of hydrogen-bond acceptors (Lipinski definition) is 2. The minimum atomic E-state index is -0.473. The molecule has 1 aliphatic heterocycles. The summed E-state index contributed by atoms with van der Waals surface area (Å²) in [6, 6.07) is 13.5. The topological polar surface area (TPSA) is 32.7 Å².